The fraction of sp³-hybridized carbons (Fsp3) is 0.200. The largest absolute Gasteiger partial charge is 0.573 e. The van der Waals surface area contributed by atoms with Crippen LogP contribution in [0.2, 0.25) is 0 Å². The fourth-order valence-corrected chi connectivity index (χ4v) is 1.25. The van der Waals surface area contributed by atoms with E-state index < -0.39 is 23.8 Å². The molecule has 0 heterocycles. The lowest BCUT2D eigenvalue weighted by Crippen LogP contribution is -2.19. The molecule has 0 atom stereocenters. The number of halogens is 4. The minimum atomic E-state index is -4.94. The van der Waals surface area contributed by atoms with Gasteiger partial charge in [0.1, 0.15) is 5.75 Å². The first-order valence-corrected chi connectivity index (χ1v) is 4.80. The van der Waals surface area contributed by atoms with E-state index in [0.717, 1.165) is 12.1 Å². The molecule has 0 bridgehead atoms. The predicted molar refractivity (Wildman–Crippen MR) is 52.9 cm³/mol. The van der Waals surface area contributed by atoms with Gasteiger partial charge in [0.05, 0.1) is 23.1 Å². The fourth-order valence-electron chi connectivity index (χ4n) is 1.10. The van der Waals surface area contributed by atoms with E-state index in [1.165, 1.54) is 6.07 Å². The van der Waals surface area contributed by atoms with Gasteiger partial charge in [-0.15, -0.1) is 24.8 Å². The summed E-state index contributed by atoms with van der Waals surface area (Å²) < 4.78 is 39.9. The van der Waals surface area contributed by atoms with Crippen LogP contribution in [0.15, 0.2) is 18.2 Å². The first-order valence-electron chi connectivity index (χ1n) is 4.26. The second-order valence-corrected chi connectivity index (χ2v) is 3.19. The maximum absolute atomic E-state index is 12.1. The van der Waals surface area contributed by atoms with E-state index >= 15 is 0 Å². The summed E-state index contributed by atoms with van der Waals surface area (Å²) in [5.41, 5.74) is -0.355. The Morgan fingerprint density at radius 3 is 2.59 bits per heavy atom. The van der Waals surface area contributed by atoms with Crippen LogP contribution in [-0.4, -0.2) is 18.0 Å². The molecule has 0 aliphatic rings. The molecule has 1 aromatic rings. The SMILES string of the molecule is N#Cc1ccc(C(=O)CCl)c(OC(F)(F)F)c1. The van der Waals surface area contributed by atoms with Crippen molar-refractivity contribution in [3.8, 4) is 11.8 Å². The van der Waals surface area contributed by atoms with Crippen molar-refractivity contribution in [2.45, 2.75) is 6.36 Å². The number of nitrogens with zero attached hydrogens (tertiary/aromatic N) is 1. The van der Waals surface area contributed by atoms with E-state index in [2.05, 4.69) is 4.74 Å². The molecule has 0 fully saturated rings. The molecule has 0 aliphatic carbocycles. The van der Waals surface area contributed by atoms with Crippen molar-refractivity contribution in [2.24, 2.45) is 0 Å². The molecule has 0 aliphatic heterocycles. The number of hydrogen-bond donors (Lipinski definition) is 0. The Balaban J connectivity index is 3.22. The number of carbonyl (C=O) groups is 1. The van der Waals surface area contributed by atoms with E-state index in [4.69, 9.17) is 16.9 Å². The van der Waals surface area contributed by atoms with Crippen LogP contribution in [0.1, 0.15) is 15.9 Å². The van der Waals surface area contributed by atoms with Crippen LogP contribution >= 0.6 is 11.6 Å². The number of carbonyl (C=O) groups excluding carboxylic acids is 1. The molecular weight excluding hydrogens is 259 g/mol. The number of hydrogen-bond acceptors (Lipinski definition) is 3. The van der Waals surface area contributed by atoms with Gasteiger partial charge >= 0.3 is 6.36 Å². The number of benzene rings is 1. The third kappa shape index (κ3) is 3.64. The second kappa shape index (κ2) is 5.06. The number of ketones is 1. The average molecular weight is 264 g/mol. The van der Waals surface area contributed by atoms with Gasteiger partial charge in [0.15, 0.2) is 5.78 Å². The van der Waals surface area contributed by atoms with Crippen molar-refractivity contribution >= 4 is 17.4 Å². The highest BCUT2D eigenvalue weighted by Crippen LogP contribution is 2.28. The highest BCUT2D eigenvalue weighted by atomic mass is 35.5. The van der Waals surface area contributed by atoms with Gasteiger partial charge in [0.2, 0.25) is 0 Å². The molecule has 0 N–H and O–H groups in total. The van der Waals surface area contributed by atoms with Crippen LogP contribution in [0.3, 0.4) is 0 Å². The number of rotatable bonds is 3. The first kappa shape index (κ1) is 13.3. The van der Waals surface area contributed by atoms with Crippen LogP contribution in [0.25, 0.3) is 0 Å². The van der Waals surface area contributed by atoms with Crippen molar-refractivity contribution in [2.75, 3.05) is 5.88 Å². The Morgan fingerprint density at radius 2 is 2.12 bits per heavy atom. The van der Waals surface area contributed by atoms with Gasteiger partial charge in [-0.3, -0.25) is 4.79 Å². The molecule has 0 saturated heterocycles. The predicted octanol–water partition coefficient (Wildman–Crippen LogP) is 2.88. The lowest BCUT2D eigenvalue weighted by molar-refractivity contribution is -0.274. The molecule has 1 rings (SSSR count). The summed E-state index contributed by atoms with van der Waals surface area (Å²) in [5, 5.41) is 8.55. The number of ether oxygens (including phenoxy) is 1. The molecular formula is C10H5ClF3NO2. The Labute approximate surface area is 99.4 Å². The highest BCUT2D eigenvalue weighted by Gasteiger charge is 2.33. The smallest absolute Gasteiger partial charge is 0.405 e. The van der Waals surface area contributed by atoms with Gasteiger partial charge in [-0.05, 0) is 18.2 Å². The van der Waals surface area contributed by atoms with E-state index in [1.54, 1.807) is 6.07 Å². The highest BCUT2D eigenvalue weighted by molar-refractivity contribution is 6.30. The van der Waals surface area contributed by atoms with E-state index in [0.29, 0.717) is 0 Å². The number of alkyl halides is 4. The van der Waals surface area contributed by atoms with Crippen molar-refractivity contribution in [1.82, 2.24) is 0 Å². The summed E-state index contributed by atoms with van der Waals surface area (Å²) in [4.78, 5) is 11.3. The summed E-state index contributed by atoms with van der Waals surface area (Å²) in [7, 11) is 0. The molecule has 90 valence electrons. The lowest BCUT2D eigenvalue weighted by atomic mass is 10.1. The normalized spacial score (nSPS) is 10.8. The molecule has 0 amide bonds. The molecule has 17 heavy (non-hydrogen) atoms. The van der Waals surface area contributed by atoms with E-state index in [1.807, 2.05) is 0 Å². The summed E-state index contributed by atoms with van der Waals surface area (Å²) in [6, 6.07) is 4.77. The van der Waals surface area contributed by atoms with Crippen molar-refractivity contribution < 1.29 is 22.7 Å². The minimum absolute atomic E-state index is 0.0460. The third-order valence-corrected chi connectivity index (χ3v) is 2.00. The molecule has 0 spiro atoms. The topological polar surface area (TPSA) is 50.1 Å². The molecule has 7 heteroatoms. The standard InChI is InChI=1S/C10H5ClF3NO2/c11-4-8(16)7-2-1-6(5-15)3-9(7)17-10(12,13)14/h1-3H,4H2. The quantitative estimate of drug-likeness (QED) is 0.622. The molecule has 0 radical (unpaired) electrons. The molecule has 3 nitrogen and oxygen atoms in total. The van der Waals surface area contributed by atoms with Crippen LogP contribution in [0.5, 0.6) is 5.75 Å². The summed E-state index contributed by atoms with van der Waals surface area (Å²) in [5.74, 6) is -1.90. The monoisotopic (exact) mass is 263 g/mol. The van der Waals surface area contributed by atoms with Gasteiger partial charge in [-0.2, -0.15) is 5.26 Å². The van der Waals surface area contributed by atoms with Gasteiger partial charge in [0.25, 0.3) is 0 Å². The maximum Gasteiger partial charge on any atom is 0.573 e. The number of Topliss-reactive ketones (excluding diaryl/α,β-unsaturated/α-hetero) is 1. The Bertz CT molecular complexity index is 479. The van der Waals surface area contributed by atoms with Gasteiger partial charge < -0.3 is 4.74 Å². The third-order valence-electron chi connectivity index (χ3n) is 1.76. The van der Waals surface area contributed by atoms with Gasteiger partial charge in [-0.1, -0.05) is 0 Å². The summed E-state index contributed by atoms with van der Waals surface area (Å²) >= 11 is 5.25. The first-order chi connectivity index (χ1) is 7.87. The Kier molecular flexibility index (Phi) is 3.97. The zero-order chi connectivity index (χ0) is 13.1. The minimum Gasteiger partial charge on any atom is -0.405 e. The van der Waals surface area contributed by atoms with E-state index in [-0.39, 0.29) is 11.1 Å². The van der Waals surface area contributed by atoms with Crippen molar-refractivity contribution in [3.05, 3.63) is 29.3 Å². The second-order valence-electron chi connectivity index (χ2n) is 2.93. The van der Waals surface area contributed by atoms with Crippen molar-refractivity contribution in [3.63, 3.8) is 0 Å². The Morgan fingerprint density at radius 1 is 1.47 bits per heavy atom. The van der Waals surface area contributed by atoms with E-state index in [9.17, 15) is 18.0 Å². The van der Waals surface area contributed by atoms with Crippen LogP contribution in [0, 0.1) is 11.3 Å². The Hall–Kier alpha value is -1.74. The maximum atomic E-state index is 12.1. The lowest BCUT2D eigenvalue weighted by Gasteiger charge is -2.12. The summed E-state index contributed by atoms with van der Waals surface area (Å²) in [6.45, 7) is 0. The summed E-state index contributed by atoms with van der Waals surface area (Å²) in [6.07, 6.45) is -4.94. The van der Waals surface area contributed by atoms with Gasteiger partial charge in [-0.25, -0.2) is 0 Å². The van der Waals surface area contributed by atoms with Gasteiger partial charge in [0, 0.05) is 0 Å². The van der Waals surface area contributed by atoms with Crippen LogP contribution in [-0.2, 0) is 0 Å². The van der Waals surface area contributed by atoms with Crippen LogP contribution < -0.4 is 4.74 Å². The zero-order valence-electron chi connectivity index (χ0n) is 8.21. The molecule has 1 aromatic carbocycles. The van der Waals surface area contributed by atoms with Crippen molar-refractivity contribution in [1.29, 1.82) is 5.26 Å². The molecule has 0 unspecified atom stereocenters. The zero-order valence-corrected chi connectivity index (χ0v) is 8.97. The molecule has 0 aromatic heterocycles. The molecule has 0 saturated carbocycles. The van der Waals surface area contributed by atoms with Crippen LogP contribution in [0.4, 0.5) is 13.2 Å². The average Bonchev–Trinajstić information content (AvgIpc) is 2.25. The number of nitriles is 1.